The topological polar surface area (TPSA) is 52.6 Å². The molecule has 1 atom stereocenters. The van der Waals surface area contributed by atoms with Crippen LogP contribution in [0.1, 0.15) is 75.8 Å². The highest BCUT2D eigenvalue weighted by atomic mass is 16.3. The predicted octanol–water partition coefficient (Wildman–Crippen LogP) is 3.06. The quantitative estimate of drug-likeness (QED) is 0.867. The number of hydrogen-bond acceptors (Lipinski definition) is 3. The molecule has 3 rings (SSSR count). The van der Waals surface area contributed by atoms with Crippen LogP contribution in [0.3, 0.4) is 0 Å². The fourth-order valence-corrected chi connectivity index (χ4v) is 3.99. The fourth-order valence-electron chi connectivity index (χ4n) is 3.99. The molecular formula is C21H32N2O2. The largest absolute Gasteiger partial charge is 0.381 e. The summed E-state index contributed by atoms with van der Waals surface area (Å²) in [5, 5.41) is 13.7. The Kier molecular flexibility index (Phi) is 4.71. The second-order valence-electron chi connectivity index (χ2n) is 9.14. The highest BCUT2D eigenvalue weighted by molar-refractivity contribution is 5.84. The normalized spacial score (nSPS) is 21.4. The molecule has 1 saturated heterocycles. The molecule has 4 nitrogen and oxygen atoms in total. The van der Waals surface area contributed by atoms with Crippen molar-refractivity contribution in [2.45, 2.75) is 77.5 Å². The molecule has 1 fully saturated rings. The zero-order valence-corrected chi connectivity index (χ0v) is 16.3. The molecule has 2 aliphatic rings. The molecule has 0 spiro atoms. The number of nitrogens with one attached hydrogen (secondary N) is 1. The van der Waals surface area contributed by atoms with Gasteiger partial charge in [0.1, 0.15) is 5.60 Å². The summed E-state index contributed by atoms with van der Waals surface area (Å²) in [6, 6.07) is 5.10. The molecule has 0 bridgehead atoms. The summed E-state index contributed by atoms with van der Waals surface area (Å²) in [6.07, 6.45) is 3.28. The first-order valence-electron chi connectivity index (χ1n) is 9.48. The van der Waals surface area contributed by atoms with E-state index in [0.29, 0.717) is 19.1 Å². The standard InChI is InChI=1S/C21H32N2O2/c1-20(2,3)15-11-14-13-23(19(24)21(4,5)25)10-8-16(14)17(12-15)18-7-6-9-22-18/h11-12,18,22,25H,6-10,13H2,1-5H3/t18-/m0/s1. The SMILES string of the molecule is CC(C)(O)C(=O)N1CCc2c(cc(C(C)(C)C)cc2[C@@H]2CCCN2)C1. The van der Waals surface area contributed by atoms with Crippen LogP contribution in [0.4, 0.5) is 0 Å². The molecule has 2 N–H and O–H groups in total. The Bertz CT molecular complexity index is 662. The zero-order chi connectivity index (χ0) is 18.4. The Morgan fingerprint density at radius 3 is 2.52 bits per heavy atom. The van der Waals surface area contributed by atoms with Gasteiger partial charge < -0.3 is 15.3 Å². The van der Waals surface area contributed by atoms with Gasteiger partial charge in [-0.15, -0.1) is 0 Å². The van der Waals surface area contributed by atoms with Gasteiger partial charge in [0, 0.05) is 19.1 Å². The second-order valence-corrected chi connectivity index (χ2v) is 9.14. The lowest BCUT2D eigenvalue weighted by Crippen LogP contribution is -2.47. The Morgan fingerprint density at radius 1 is 1.24 bits per heavy atom. The third-order valence-electron chi connectivity index (χ3n) is 5.48. The number of hydrogen-bond donors (Lipinski definition) is 2. The van der Waals surface area contributed by atoms with Crippen molar-refractivity contribution in [2.75, 3.05) is 13.1 Å². The van der Waals surface area contributed by atoms with Gasteiger partial charge >= 0.3 is 0 Å². The van der Waals surface area contributed by atoms with Crippen molar-refractivity contribution in [1.29, 1.82) is 0 Å². The van der Waals surface area contributed by atoms with E-state index in [2.05, 4.69) is 38.2 Å². The number of rotatable bonds is 2. The van der Waals surface area contributed by atoms with E-state index >= 15 is 0 Å². The van der Waals surface area contributed by atoms with Crippen LogP contribution in [0.25, 0.3) is 0 Å². The maximum absolute atomic E-state index is 12.5. The molecule has 0 radical (unpaired) electrons. The lowest BCUT2D eigenvalue weighted by Gasteiger charge is -2.36. The first-order chi connectivity index (χ1) is 11.6. The van der Waals surface area contributed by atoms with Gasteiger partial charge in [0.15, 0.2) is 0 Å². The van der Waals surface area contributed by atoms with Crippen LogP contribution in [0.2, 0.25) is 0 Å². The molecule has 2 heterocycles. The molecule has 2 aliphatic heterocycles. The minimum Gasteiger partial charge on any atom is -0.381 e. The van der Waals surface area contributed by atoms with Crippen LogP contribution in [0.5, 0.6) is 0 Å². The van der Waals surface area contributed by atoms with Crippen LogP contribution in [0.15, 0.2) is 12.1 Å². The van der Waals surface area contributed by atoms with E-state index in [9.17, 15) is 9.90 Å². The van der Waals surface area contributed by atoms with Crippen molar-refractivity contribution in [1.82, 2.24) is 10.2 Å². The van der Waals surface area contributed by atoms with Gasteiger partial charge in [0.2, 0.25) is 0 Å². The Hall–Kier alpha value is -1.39. The summed E-state index contributed by atoms with van der Waals surface area (Å²) in [4.78, 5) is 14.3. The molecule has 0 aliphatic carbocycles. The first kappa shape index (κ1) is 18.4. The number of nitrogens with zero attached hydrogens (tertiary/aromatic N) is 1. The number of amides is 1. The molecule has 4 heteroatoms. The molecule has 1 aromatic rings. The van der Waals surface area contributed by atoms with Crippen molar-refractivity contribution < 1.29 is 9.90 Å². The fraction of sp³-hybridized carbons (Fsp3) is 0.667. The Balaban J connectivity index is 2.00. The average Bonchev–Trinajstić information content (AvgIpc) is 3.05. The minimum atomic E-state index is -1.31. The van der Waals surface area contributed by atoms with Crippen LogP contribution >= 0.6 is 0 Å². The third kappa shape index (κ3) is 3.75. The van der Waals surface area contributed by atoms with E-state index in [1.54, 1.807) is 18.7 Å². The molecule has 1 amide bonds. The number of carbonyl (C=O) groups is 1. The van der Waals surface area contributed by atoms with Gasteiger partial charge in [-0.05, 0) is 67.3 Å². The van der Waals surface area contributed by atoms with Crippen molar-refractivity contribution in [3.05, 3.63) is 34.4 Å². The predicted molar refractivity (Wildman–Crippen MR) is 101 cm³/mol. The minimum absolute atomic E-state index is 0.0743. The molecule has 0 aromatic heterocycles. The van der Waals surface area contributed by atoms with Crippen molar-refractivity contribution in [3.8, 4) is 0 Å². The average molecular weight is 344 g/mol. The van der Waals surface area contributed by atoms with E-state index in [1.165, 1.54) is 35.1 Å². The summed E-state index contributed by atoms with van der Waals surface area (Å²) in [5.41, 5.74) is 4.18. The summed E-state index contributed by atoms with van der Waals surface area (Å²) in [7, 11) is 0. The first-order valence-corrected chi connectivity index (χ1v) is 9.48. The summed E-state index contributed by atoms with van der Waals surface area (Å²) >= 11 is 0. The number of aliphatic hydroxyl groups is 1. The Morgan fingerprint density at radius 2 is 1.96 bits per heavy atom. The van der Waals surface area contributed by atoms with Gasteiger partial charge in [0.05, 0.1) is 0 Å². The Labute approximate surface area is 151 Å². The van der Waals surface area contributed by atoms with E-state index in [1.807, 2.05) is 0 Å². The summed E-state index contributed by atoms with van der Waals surface area (Å²) in [5.74, 6) is -0.181. The van der Waals surface area contributed by atoms with E-state index in [-0.39, 0.29) is 11.3 Å². The summed E-state index contributed by atoms with van der Waals surface area (Å²) < 4.78 is 0. The molecule has 0 saturated carbocycles. The van der Waals surface area contributed by atoms with Crippen LogP contribution in [-0.2, 0) is 23.2 Å². The van der Waals surface area contributed by atoms with Gasteiger partial charge in [0.25, 0.3) is 5.91 Å². The highest BCUT2D eigenvalue weighted by Gasteiger charge is 2.33. The number of benzene rings is 1. The lowest BCUT2D eigenvalue weighted by atomic mass is 9.80. The van der Waals surface area contributed by atoms with Crippen molar-refractivity contribution >= 4 is 5.91 Å². The molecule has 0 unspecified atom stereocenters. The van der Waals surface area contributed by atoms with Crippen molar-refractivity contribution in [3.63, 3.8) is 0 Å². The molecule has 138 valence electrons. The molecule has 1 aromatic carbocycles. The number of carbonyl (C=O) groups excluding carboxylic acids is 1. The molecule has 25 heavy (non-hydrogen) atoms. The van der Waals surface area contributed by atoms with Crippen LogP contribution < -0.4 is 5.32 Å². The number of fused-ring (bicyclic) bond motifs is 1. The smallest absolute Gasteiger partial charge is 0.254 e. The van der Waals surface area contributed by atoms with Crippen LogP contribution in [0, 0.1) is 0 Å². The van der Waals surface area contributed by atoms with Gasteiger partial charge in [-0.3, -0.25) is 4.79 Å². The highest BCUT2D eigenvalue weighted by Crippen LogP contribution is 2.36. The van der Waals surface area contributed by atoms with E-state index in [0.717, 1.165) is 13.0 Å². The molecular weight excluding hydrogens is 312 g/mol. The summed E-state index contributed by atoms with van der Waals surface area (Å²) in [6.45, 7) is 12.2. The van der Waals surface area contributed by atoms with Gasteiger partial charge in [-0.1, -0.05) is 32.9 Å². The van der Waals surface area contributed by atoms with E-state index in [4.69, 9.17) is 0 Å². The van der Waals surface area contributed by atoms with Gasteiger partial charge in [-0.2, -0.15) is 0 Å². The van der Waals surface area contributed by atoms with Gasteiger partial charge in [-0.25, -0.2) is 0 Å². The third-order valence-corrected chi connectivity index (χ3v) is 5.48. The zero-order valence-electron chi connectivity index (χ0n) is 16.3. The second kappa shape index (κ2) is 6.40. The van der Waals surface area contributed by atoms with E-state index < -0.39 is 5.60 Å². The van der Waals surface area contributed by atoms with Crippen LogP contribution in [-0.4, -0.2) is 34.6 Å². The van der Waals surface area contributed by atoms with Crippen molar-refractivity contribution in [2.24, 2.45) is 0 Å². The maximum Gasteiger partial charge on any atom is 0.254 e. The monoisotopic (exact) mass is 344 g/mol. The lowest BCUT2D eigenvalue weighted by molar-refractivity contribution is -0.148. The maximum atomic E-state index is 12.5.